The fourth-order valence-electron chi connectivity index (χ4n) is 1.04. The lowest BCUT2D eigenvalue weighted by atomic mass is 10.2. The Hall–Kier alpha value is -1.58. The van der Waals surface area contributed by atoms with E-state index < -0.39 is 24.0 Å². The molecule has 16 heavy (non-hydrogen) atoms. The van der Waals surface area contributed by atoms with E-state index in [1.165, 1.54) is 7.11 Å². The van der Waals surface area contributed by atoms with Crippen LogP contribution in [-0.4, -0.2) is 42.8 Å². The molecule has 0 aromatic carbocycles. The lowest BCUT2D eigenvalue weighted by molar-refractivity contribution is -0.142. The normalized spacial score (nSPS) is 13.6. The summed E-state index contributed by atoms with van der Waals surface area (Å²) < 4.78 is 4.90. The molecule has 0 aliphatic rings. The van der Waals surface area contributed by atoms with E-state index in [-0.39, 0.29) is 19.4 Å². The van der Waals surface area contributed by atoms with Gasteiger partial charge in [0.15, 0.2) is 0 Å². The Balaban J connectivity index is 4.20. The average molecular weight is 228 g/mol. The Kier molecular flexibility index (Phi) is 6.92. The lowest BCUT2D eigenvalue weighted by Crippen LogP contribution is -2.42. The summed E-state index contributed by atoms with van der Waals surface area (Å²) in [4.78, 5) is 22.1. The van der Waals surface area contributed by atoms with Crippen LogP contribution in [0, 0.1) is 12.3 Å². The molecule has 6 nitrogen and oxygen atoms in total. The number of nitrogens with one attached hydrogen (secondary N) is 1. The number of carboxylic acids is 1. The van der Waals surface area contributed by atoms with Crippen LogP contribution in [0.15, 0.2) is 0 Å². The number of ether oxygens (including phenoxy) is 1. The maximum absolute atomic E-state index is 11.4. The number of hydrogen-bond acceptors (Lipinski definition) is 4. The minimum absolute atomic E-state index is 0.0152. The van der Waals surface area contributed by atoms with Gasteiger partial charge in [0.1, 0.15) is 6.04 Å². The van der Waals surface area contributed by atoms with Crippen LogP contribution < -0.4 is 11.1 Å². The molecule has 90 valence electrons. The largest absolute Gasteiger partial charge is 0.480 e. The maximum Gasteiger partial charge on any atom is 0.327 e. The van der Waals surface area contributed by atoms with Gasteiger partial charge in [0, 0.05) is 20.1 Å². The van der Waals surface area contributed by atoms with Gasteiger partial charge in [-0.05, 0) is 0 Å². The first-order valence-electron chi connectivity index (χ1n) is 4.73. The van der Waals surface area contributed by atoms with Crippen LogP contribution in [0.1, 0.15) is 12.8 Å². The summed E-state index contributed by atoms with van der Waals surface area (Å²) in [6, 6.07) is -1.06. The highest BCUT2D eigenvalue weighted by atomic mass is 16.5. The molecule has 0 aromatic heterocycles. The van der Waals surface area contributed by atoms with Crippen molar-refractivity contribution in [1.29, 1.82) is 0 Å². The molecule has 0 aromatic rings. The molecular formula is C10H16N2O4. The van der Waals surface area contributed by atoms with Crippen molar-refractivity contribution in [2.75, 3.05) is 13.7 Å². The fourth-order valence-corrected chi connectivity index (χ4v) is 1.04. The number of carbonyl (C=O) groups is 2. The van der Waals surface area contributed by atoms with E-state index in [1.807, 2.05) is 0 Å². The summed E-state index contributed by atoms with van der Waals surface area (Å²) in [5, 5.41) is 11.0. The third kappa shape index (κ3) is 5.34. The minimum Gasteiger partial charge on any atom is -0.480 e. The van der Waals surface area contributed by atoms with Gasteiger partial charge in [-0.1, -0.05) is 0 Å². The molecule has 0 aliphatic carbocycles. The van der Waals surface area contributed by atoms with Crippen molar-refractivity contribution in [2.24, 2.45) is 5.73 Å². The van der Waals surface area contributed by atoms with Gasteiger partial charge in [0.25, 0.3) is 0 Å². The van der Waals surface area contributed by atoms with Crippen LogP contribution in [0.25, 0.3) is 0 Å². The summed E-state index contributed by atoms with van der Waals surface area (Å²) in [5.74, 6) is 0.581. The third-order valence-electron chi connectivity index (χ3n) is 1.96. The van der Waals surface area contributed by atoms with Crippen molar-refractivity contribution in [3.8, 4) is 12.3 Å². The zero-order valence-corrected chi connectivity index (χ0v) is 9.10. The van der Waals surface area contributed by atoms with Gasteiger partial charge in [0.2, 0.25) is 5.91 Å². The predicted molar refractivity (Wildman–Crippen MR) is 57.5 cm³/mol. The van der Waals surface area contributed by atoms with Crippen LogP contribution in [0.4, 0.5) is 0 Å². The molecule has 0 aliphatic heterocycles. The highest BCUT2D eigenvalue weighted by molar-refractivity contribution is 5.83. The van der Waals surface area contributed by atoms with Crippen molar-refractivity contribution >= 4 is 11.9 Å². The van der Waals surface area contributed by atoms with Gasteiger partial charge < -0.3 is 20.9 Å². The molecular weight excluding hydrogens is 212 g/mol. The molecule has 0 rings (SSSR count). The average Bonchev–Trinajstić information content (AvgIpc) is 2.25. The Bertz CT molecular complexity index is 281. The quantitative estimate of drug-likeness (QED) is 0.482. The van der Waals surface area contributed by atoms with E-state index in [4.69, 9.17) is 22.0 Å². The second-order valence-corrected chi connectivity index (χ2v) is 3.16. The topological polar surface area (TPSA) is 102 Å². The number of rotatable bonds is 7. The zero-order valence-electron chi connectivity index (χ0n) is 9.10. The van der Waals surface area contributed by atoms with Crippen molar-refractivity contribution in [2.45, 2.75) is 25.0 Å². The monoisotopic (exact) mass is 228 g/mol. The Morgan fingerprint density at radius 1 is 1.62 bits per heavy atom. The number of aliphatic carboxylic acids is 1. The molecule has 6 heteroatoms. The summed E-state index contributed by atoms with van der Waals surface area (Å²) in [6.07, 6.45) is 4.53. The smallest absolute Gasteiger partial charge is 0.327 e. The molecule has 0 heterocycles. The lowest BCUT2D eigenvalue weighted by Gasteiger charge is -2.15. The van der Waals surface area contributed by atoms with E-state index in [1.54, 1.807) is 0 Å². The molecule has 2 atom stereocenters. The first-order chi connectivity index (χ1) is 7.54. The number of terminal acetylenes is 1. The van der Waals surface area contributed by atoms with E-state index in [9.17, 15) is 9.59 Å². The number of amides is 1. The molecule has 0 radical (unpaired) electrons. The van der Waals surface area contributed by atoms with E-state index in [2.05, 4.69) is 11.2 Å². The van der Waals surface area contributed by atoms with Gasteiger partial charge in [-0.25, -0.2) is 4.79 Å². The number of nitrogens with two attached hydrogens (primary N) is 1. The van der Waals surface area contributed by atoms with Gasteiger partial charge in [-0.15, -0.1) is 12.3 Å². The summed E-state index contributed by atoms with van der Waals surface area (Å²) in [6.45, 7) is 0.191. The first kappa shape index (κ1) is 14.4. The minimum atomic E-state index is -1.16. The fraction of sp³-hybridized carbons (Fsp3) is 0.600. The molecule has 1 amide bonds. The SMILES string of the molecule is C#CCC(NC(=O)CC(CN)OC)C(=O)O. The maximum atomic E-state index is 11.4. The Morgan fingerprint density at radius 3 is 2.62 bits per heavy atom. The summed E-state index contributed by atoms with van der Waals surface area (Å²) in [7, 11) is 1.43. The first-order valence-corrected chi connectivity index (χ1v) is 4.73. The van der Waals surface area contributed by atoms with Crippen LogP contribution >= 0.6 is 0 Å². The third-order valence-corrected chi connectivity index (χ3v) is 1.96. The van der Waals surface area contributed by atoms with Gasteiger partial charge in [-0.2, -0.15) is 0 Å². The van der Waals surface area contributed by atoms with Crippen LogP contribution in [0.3, 0.4) is 0 Å². The van der Waals surface area contributed by atoms with E-state index in [0.29, 0.717) is 0 Å². The summed E-state index contributed by atoms with van der Waals surface area (Å²) >= 11 is 0. The number of carbonyl (C=O) groups excluding carboxylic acids is 1. The molecule has 0 bridgehead atoms. The predicted octanol–water partition coefficient (Wildman–Crippen LogP) is -1.06. The zero-order chi connectivity index (χ0) is 12.6. The molecule has 0 saturated carbocycles. The molecule has 2 unspecified atom stereocenters. The molecule has 0 fully saturated rings. The van der Waals surface area contributed by atoms with Crippen LogP contribution in [-0.2, 0) is 14.3 Å². The second-order valence-electron chi connectivity index (χ2n) is 3.16. The van der Waals surface area contributed by atoms with E-state index in [0.717, 1.165) is 0 Å². The van der Waals surface area contributed by atoms with Crippen molar-refractivity contribution in [3.63, 3.8) is 0 Å². The number of carboxylic acid groups (broad SMARTS) is 1. The summed E-state index contributed by atoms with van der Waals surface area (Å²) in [5.41, 5.74) is 5.33. The van der Waals surface area contributed by atoms with E-state index >= 15 is 0 Å². The molecule has 4 N–H and O–H groups in total. The van der Waals surface area contributed by atoms with Gasteiger partial charge in [0.05, 0.1) is 12.5 Å². The van der Waals surface area contributed by atoms with Gasteiger partial charge in [-0.3, -0.25) is 4.79 Å². The number of hydrogen-bond donors (Lipinski definition) is 3. The standard InChI is InChI=1S/C10H16N2O4/c1-3-4-8(10(14)15)12-9(13)5-7(6-11)16-2/h1,7-8H,4-6,11H2,2H3,(H,12,13)(H,14,15). The van der Waals surface area contributed by atoms with Gasteiger partial charge >= 0.3 is 5.97 Å². The molecule has 0 spiro atoms. The highest BCUT2D eigenvalue weighted by Gasteiger charge is 2.20. The van der Waals surface area contributed by atoms with Crippen LogP contribution in [0.5, 0.6) is 0 Å². The van der Waals surface area contributed by atoms with Crippen molar-refractivity contribution in [1.82, 2.24) is 5.32 Å². The van der Waals surface area contributed by atoms with Crippen molar-refractivity contribution in [3.05, 3.63) is 0 Å². The highest BCUT2D eigenvalue weighted by Crippen LogP contribution is 1.97. The molecule has 0 saturated heterocycles. The number of methoxy groups -OCH3 is 1. The Morgan fingerprint density at radius 2 is 2.25 bits per heavy atom. The Labute approximate surface area is 94.1 Å². The second kappa shape index (κ2) is 7.68. The van der Waals surface area contributed by atoms with Crippen LogP contribution in [0.2, 0.25) is 0 Å². The van der Waals surface area contributed by atoms with Crippen molar-refractivity contribution < 1.29 is 19.4 Å².